The van der Waals surface area contributed by atoms with Gasteiger partial charge in [-0.1, -0.05) is 0 Å². The fraction of sp³-hybridized carbons (Fsp3) is 0.615. The van der Waals surface area contributed by atoms with Crippen molar-refractivity contribution in [2.45, 2.75) is 26.7 Å². The van der Waals surface area contributed by atoms with Crippen LogP contribution in [0.1, 0.15) is 25.3 Å². The third-order valence-corrected chi connectivity index (χ3v) is 3.89. The highest BCUT2D eigenvalue weighted by molar-refractivity contribution is 5.74. The predicted octanol–water partition coefficient (Wildman–Crippen LogP) is 1.48. The van der Waals surface area contributed by atoms with Crippen LogP contribution in [-0.4, -0.2) is 41.2 Å². The Morgan fingerprint density at radius 2 is 2.05 bits per heavy atom. The van der Waals surface area contributed by atoms with Crippen molar-refractivity contribution in [3.05, 3.63) is 11.9 Å². The Labute approximate surface area is 112 Å². The molecule has 0 aromatic carbocycles. The molecule has 19 heavy (non-hydrogen) atoms. The molecule has 0 unspecified atom stereocenters. The normalized spacial score (nSPS) is 18.2. The molecule has 0 saturated carbocycles. The first-order chi connectivity index (χ1) is 8.98. The van der Waals surface area contributed by atoms with Crippen molar-refractivity contribution in [1.29, 1.82) is 0 Å². The maximum Gasteiger partial charge on any atom is 0.309 e. The highest BCUT2D eigenvalue weighted by atomic mass is 16.5. The number of aliphatic carboxylic acids is 1. The summed E-state index contributed by atoms with van der Waals surface area (Å²) in [6.07, 6.45) is 2.72. The van der Waals surface area contributed by atoms with Gasteiger partial charge in [0.25, 0.3) is 0 Å². The number of hydrogen-bond donors (Lipinski definition) is 1. The van der Waals surface area contributed by atoms with Gasteiger partial charge in [-0.3, -0.25) is 4.79 Å². The lowest BCUT2D eigenvalue weighted by molar-refractivity contribution is -0.149. The molecule has 2 rings (SSSR count). The Bertz CT molecular complexity index is 482. The summed E-state index contributed by atoms with van der Waals surface area (Å²) in [6.45, 7) is 5.09. The Morgan fingerprint density at radius 3 is 2.58 bits per heavy atom. The largest absolute Gasteiger partial charge is 0.481 e. The number of anilines is 1. The second kappa shape index (κ2) is 5.03. The molecule has 1 aliphatic heterocycles. The van der Waals surface area contributed by atoms with Gasteiger partial charge in [0, 0.05) is 13.1 Å². The topological polar surface area (TPSA) is 75.6 Å². The van der Waals surface area contributed by atoms with E-state index in [1.54, 1.807) is 14.0 Å². The summed E-state index contributed by atoms with van der Waals surface area (Å²) in [6, 6.07) is 0. The third kappa shape index (κ3) is 2.47. The molecule has 0 radical (unpaired) electrons. The molecule has 1 aliphatic rings. The first kappa shape index (κ1) is 13.6. The van der Waals surface area contributed by atoms with Crippen LogP contribution in [0.25, 0.3) is 0 Å². The SMILES string of the molecule is COc1ncnc(N2CCC(C)(C(=O)O)CC2)c1C. The van der Waals surface area contributed by atoms with Crippen molar-refractivity contribution in [2.24, 2.45) is 5.41 Å². The van der Waals surface area contributed by atoms with Crippen LogP contribution in [0.2, 0.25) is 0 Å². The molecule has 0 amide bonds. The summed E-state index contributed by atoms with van der Waals surface area (Å²) in [7, 11) is 1.58. The van der Waals surface area contributed by atoms with E-state index in [0.29, 0.717) is 31.8 Å². The highest BCUT2D eigenvalue weighted by Gasteiger charge is 2.37. The van der Waals surface area contributed by atoms with Gasteiger partial charge in [0.05, 0.1) is 18.1 Å². The van der Waals surface area contributed by atoms with Gasteiger partial charge < -0.3 is 14.7 Å². The Balaban J connectivity index is 2.16. The van der Waals surface area contributed by atoms with Crippen LogP contribution in [0, 0.1) is 12.3 Å². The molecule has 2 heterocycles. The van der Waals surface area contributed by atoms with Crippen LogP contribution in [-0.2, 0) is 4.79 Å². The lowest BCUT2D eigenvalue weighted by Crippen LogP contribution is -2.43. The van der Waals surface area contributed by atoms with Gasteiger partial charge in [0.2, 0.25) is 5.88 Å². The summed E-state index contributed by atoms with van der Waals surface area (Å²) in [5.74, 6) is 0.681. The first-order valence-electron chi connectivity index (χ1n) is 6.32. The minimum absolute atomic E-state index is 0.566. The average molecular weight is 265 g/mol. The van der Waals surface area contributed by atoms with Crippen LogP contribution in [0.4, 0.5) is 5.82 Å². The van der Waals surface area contributed by atoms with Crippen LogP contribution < -0.4 is 9.64 Å². The number of carboxylic acid groups (broad SMARTS) is 1. The smallest absolute Gasteiger partial charge is 0.309 e. The quantitative estimate of drug-likeness (QED) is 0.892. The first-order valence-corrected chi connectivity index (χ1v) is 6.32. The van der Waals surface area contributed by atoms with Gasteiger partial charge in [-0.25, -0.2) is 9.97 Å². The zero-order chi connectivity index (χ0) is 14.0. The van der Waals surface area contributed by atoms with E-state index in [-0.39, 0.29) is 0 Å². The van der Waals surface area contributed by atoms with Gasteiger partial charge in [0.15, 0.2) is 0 Å². The standard InChI is InChI=1S/C13H19N3O3/c1-9-10(14-8-15-11(9)19-3)16-6-4-13(2,5-7-16)12(17)18/h8H,4-7H2,1-3H3,(H,17,18). The lowest BCUT2D eigenvalue weighted by atomic mass is 9.80. The van der Waals surface area contributed by atoms with Crippen LogP contribution >= 0.6 is 0 Å². The van der Waals surface area contributed by atoms with Gasteiger partial charge in [0.1, 0.15) is 12.1 Å². The van der Waals surface area contributed by atoms with Crippen molar-refractivity contribution in [2.75, 3.05) is 25.1 Å². The van der Waals surface area contributed by atoms with Gasteiger partial charge >= 0.3 is 5.97 Å². The number of nitrogens with zero attached hydrogens (tertiary/aromatic N) is 3. The number of piperidine rings is 1. The van der Waals surface area contributed by atoms with Gasteiger partial charge in [-0.15, -0.1) is 0 Å². The molecule has 6 nitrogen and oxygen atoms in total. The fourth-order valence-corrected chi connectivity index (χ4v) is 2.38. The summed E-state index contributed by atoms with van der Waals surface area (Å²) >= 11 is 0. The number of carboxylic acids is 1. The molecule has 0 aliphatic carbocycles. The van der Waals surface area contributed by atoms with Crippen molar-refractivity contribution < 1.29 is 14.6 Å². The predicted molar refractivity (Wildman–Crippen MR) is 70.5 cm³/mol. The molecule has 104 valence electrons. The molecule has 0 spiro atoms. The molecule has 1 aromatic heterocycles. The van der Waals surface area contributed by atoms with E-state index < -0.39 is 11.4 Å². The minimum Gasteiger partial charge on any atom is -0.481 e. The van der Waals surface area contributed by atoms with Crippen molar-refractivity contribution in [3.8, 4) is 5.88 Å². The van der Waals surface area contributed by atoms with Crippen LogP contribution in [0.15, 0.2) is 6.33 Å². The van der Waals surface area contributed by atoms with E-state index in [1.807, 2.05) is 6.92 Å². The molecule has 0 bridgehead atoms. The van der Waals surface area contributed by atoms with Crippen molar-refractivity contribution in [3.63, 3.8) is 0 Å². The highest BCUT2D eigenvalue weighted by Crippen LogP contribution is 2.34. The molecule has 1 N–H and O–H groups in total. The van der Waals surface area contributed by atoms with Crippen LogP contribution in [0.5, 0.6) is 5.88 Å². The summed E-state index contributed by atoms with van der Waals surface area (Å²) in [5.41, 5.74) is 0.269. The maximum absolute atomic E-state index is 11.2. The lowest BCUT2D eigenvalue weighted by Gasteiger charge is -2.37. The van der Waals surface area contributed by atoms with E-state index >= 15 is 0 Å². The Kier molecular flexibility index (Phi) is 3.59. The molecule has 0 atom stereocenters. The number of aromatic nitrogens is 2. The summed E-state index contributed by atoms with van der Waals surface area (Å²) in [5, 5.41) is 9.23. The van der Waals surface area contributed by atoms with E-state index in [0.717, 1.165) is 11.4 Å². The van der Waals surface area contributed by atoms with Gasteiger partial charge in [-0.2, -0.15) is 0 Å². The average Bonchev–Trinajstić information content (AvgIpc) is 2.40. The fourth-order valence-electron chi connectivity index (χ4n) is 2.38. The minimum atomic E-state index is -0.718. The summed E-state index contributed by atoms with van der Waals surface area (Å²) in [4.78, 5) is 21.7. The Hall–Kier alpha value is -1.85. The van der Waals surface area contributed by atoms with Crippen molar-refractivity contribution in [1.82, 2.24) is 9.97 Å². The molecular weight excluding hydrogens is 246 g/mol. The zero-order valence-corrected chi connectivity index (χ0v) is 11.5. The molecule has 6 heteroatoms. The van der Waals surface area contributed by atoms with Gasteiger partial charge in [-0.05, 0) is 26.7 Å². The molecular formula is C13H19N3O3. The number of carbonyl (C=O) groups is 1. The molecule has 1 aromatic rings. The summed E-state index contributed by atoms with van der Waals surface area (Å²) < 4.78 is 5.18. The van der Waals surface area contributed by atoms with E-state index in [4.69, 9.17) is 4.74 Å². The number of rotatable bonds is 3. The maximum atomic E-state index is 11.2. The monoisotopic (exact) mass is 265 g/mol. The second-order valence-electron chi connectivity index (χ2n) is 5.18. The Morgan fingerprint density at radius 1 is 1.42 bits per heavy atom. The van der Waals surface area contributed by atoms with Crippen molar-refractivity contribution >= 4 is 11.8 Å². The number of hydrogen-bond acceptors (Lipinski definition) is 5. The van der Waals surface area contributed by atoms with E-state index in [9.17, 15) is 9.90 Å². The third-order valence-electron chi connectivity index (χ3n) is 3.89. The zero-order valence-electron chi connectivity index (χ0n) is 11.5. The number of ether oxygens (including phenoxy) is 1. The van der Waals surface area contributed by atoms with Crippen LogP contribution in [0.3, 0.4) is 0 Å². The molecule has 1 fully saturated rings. The number of methoxy groups -OCH3 is 1. The second-order valence-corrected chi connectivity index (χ2v) is 5.18. The van der Waals surface area contributed by atoms with E-state index in [1.165, 1.54) is 6.33 Å². The molecule has 1 saturated heterocycles. The van der Waals surface area contributed by atoms with E-state index in [2.05, 4.69) is 14.9 Å².